The predicted octanol–water partition coefficient (Wildman–Crippen LogP) is 5.50. The maximum absolute atomic E-state index is 12.5. The van der Waals surface area contributed by atoms with Gasteiger partial charge in [-0.3, -0.25) is 4.90 Å². The molecule has 166 valence electrons. The number of hydrogen-bond acceptors (Lipinski definition) is 3. The number of ether oxygens (including phenoxy) is 1. The highest BCUT2D eigenvalue weighted by atomic mass is 35.5. The summed E-state index contributed by atoms with van der Waals surface area (Å²) in [5.74, 6) is 1.52. The average molecular weight is 442 g/mol. The van der Waals surface area contributed by atoms with Gasteiger partial charge in [-0.15, -0.1) is 0 Å². The number of halogens is 1. The second kappa shape index (κ2) is 9.49. The standard InChI is InChI=1S/C25H32ClN3O2/c1-19(2)16-31-23-6-4-3-5-20(23)15-28-13-11-25(12-14-28)17-29(18-25)24(30)27-22-9-7-21(26)8-10-22/h3-10,19H,11-18H2,1-2H3,(H,27,30). The van der Waals surface area contributed by atoms with E-state index in [2.05, 4.69) is 42.3 Å². The Labute approximate surface area is 190 Å². The molecule has 0 aliphatic carbocycles. The first-order valence-corrected chi connectivity index (χ1v) is 11.5. The summed E-state index contributed by atoms with van der Waals surface area (Å²) in [6, 6.07) is 15.6. The molecular weight excluding hydrogens is 410 g/mol. The van der Waals surface area contributed by atoms with Gasteiger partial charge in [-0.2, -0.15) is 0 Å². The molecule has 6 heteroatoms. The monoisotopic (exact) mass is 441 g/mol. The zero-order valence-corrected chi connectivity index (χ0v) is 19.2. The Hall–Kier alpha value is -2.24. The van der Waals surface area contributed by atoms with Gasteiger partial charge in [-0.1, -0.05) is 43.6 Å². The minimum absolute atomic E-state index is 0.0217. The van der Waals surface area contributed by atoms with Crippen LogP contribution in [0.25, 0.3) is 0 Å². The van der Waals surface area contributed by atoms with Gasteiger partial charge in [-0.05, 0) is 62.2 Å². The number of amides is 2. The highest BCUT2D eigenvalue weighted by Crippen LogP contribution is 2.41. The van der Waals surface area contributed by atoms with E-state index < -0.39 is 0 Å². The topological polar surface area (TPSA) is 44.8 Å². The second-order valence-electron chi connectivity index (χ2n) is 9.38. The van der Waals surface area contributed by atoms with E-state index in [4.69, 9.17) is 16.3 Å². The Morgan fingerprint density at radius 2 is 1.77 bits per heavy atom. The van der Waals surface area contributed by atoms with Crippen LogP contribution in [-0.2, 0) is 6.54 Å². The Morgan fingerprint density at radius 1 is 1.10 bits per heavy atom. The molecule has 2 heterocycles. The lowest BCUT2D eigenvalue weighted by atomic mass is 9.72. The third-order valence-corrected chi connectivity index (χ3v) is 6.54. The molecule has 5 nitrogen and oxygen atoms in total. The summed E-state index contributed by atoms with van der Waals surface area (Å²) in [6.45, 7) is 9.81. The van der Waals surface area contributed by atoms with Gasteiger partial charge >= 0.3 is 6.03 Å². The fourth-order valence-corrected chi connectivity index (χ4v) is 4.54. The number of rotatable bonds is 6. The summed E-state index contributed by atoms with van der Waals surface area (Å²) < 4.78 is 6.02. The number of anilines is 1. The van der Waals surface area contributed by atoms with Gasteiger partial charge in [0.2, 0.25) is 0 Å². The lowest BCUT2D eigenvalue weighted by molar-refractivity contribution is -0.0201. The minimum atomic E-state index is -0.0217. The van der Waals surface area contributed by atoms with E-state index in [-0.39, 0.29) is 11.4 Å². The van der Waals surface area contributed by atoms with Crippen LogP contribution in [0.15, 0.2) is 48.5 Å². The van der Waals surface area contributed by atoms with Crippen molar-refractivity contribution < 1.29 is 9.53 Å². The number of carbonyl (C=O) groups is 1. The molecule has 0 unspecified atom stereocenters. The molecule has 1 N–H and O–H groups in total. The van der Waals surface area contributed by atoms with Gasteiger partial charge in [0.25, 0.3) is 0 Å². The number of nitrogens with zero attached hydrogens (tertiary/aromatic N) is 2. The zero-order chi connectivity index (χ0) is 21.8. The summed E-state index contributed by atoms with van der Waals surface area (Å²) in [5, 5.41) is 3.63. The van der Waals surface area contributed by atoms with Crippen molar-refractivity contribution in [1.29, 1.82) is 0 Å². The van der Waals surface area contributed by atoms with E-state index in [1.165, 1.54) is 5.56 Å². The van der Waals surface area contributed by atoms with Gasteiger partial charge < -0.3 is 15.0 Å². The first kappa shape index (κ1) is 22.0. The highest BCUT2D eigenvalue weighted by Gasteiger charge is 2.46. The summed E-state index contributed by atoms with van der Waals surface area (Å²) in [6.07, 6.45) is 2.26. The molecule has 1 spiro atoms. The number of para-hydroxylation sites is 1. The van der Waals surface area contributed by atoms with Crippen molar-refractivity contribution in [3.63, 3.8) is 0 Å². The second-order valence-corrected chi connectivity index (χ2v) is 9.82. The molecule has 0 radical (unpaired) electrons. The third kappa shape index (κ3) is 5.52. The van der Waals surface area contributed by atoms with Crippen molar-refractivity contribution >= 4 is 23.3 Å². The number of nitrogens with one attached hydrogen (secondary N) is 1. The van der Waals surface area contributed by atoms with E-state index in [1.54, 1.807) is 12.1 Å². The molecule has 0 atom stereocenters. The van der Waals surface area contributed by atoms with Crippen LogP contribution in [-0.4, -0.2) is 48.6 Å². The Kier molecular flexibility index (Phi) is 6.73. The number of piperidine rings is 1. The van der Waals surface area contributed by atoms with E-state index in [9.17, 15) is 4.79 Å². The average Bonchev–Trinajstić information content (AvgIpc) is 2.73. The molecular formula is C25H32ClN3O2. The molecule has 2 aromatic carbocycles. The van der Waals surface area contributed by atoms with Crippen LogP contribution in [0.4, 0.5) is 10.5 Å². The zero-order valence-electron chi connectivity index (χ0n) is 18.4. The third-order valence-electron chi connectivity index (χ3n) is 6.29. The van der Waals surface area contributed by atoms with E-state index in [0.717, 1.165) is 63.6 Å². The fraction of sp³-hybridized carbons (Fsp3) is 0.480. The van der Waals surface area contributed by atoms with Crippen molar-refractivity contribution in [2.45, 2.75) is 33.2 Å². The molecule has 0 aromatic heterocycles. The van der Waals surface area contributed by atoms with Gasteiger partial charge in [0, 0.05) is 41.3 Å². The molecule has 31 heavy (non-hydrogen) atoms. The molecule has 2 fully saturated rings. The van der Waals surface area contributed by atoms with Crippen molar-refractivity contribution in [2.24, 2.45) is 11.3 Å². The van der Waals surface area contributed by atoms with E-state index in [0.29, 0.717) is 10.9 Å². The van der Waals surface area contributed by atoms with Crippen LogP contribution in [0.2, 0.25) is 5.02 Å². The van der Waals surface area contributed by atoms with Crippen LogP contribution in [0.1, 0.15) is 32.3 Å². The molecule has 2 aliphatic rings. The van der Waals surface area contributed by atoms with Gasteiger partial charge in [0.1, 0.15) is 5.75 Å². The predicted molar refractivity (Wildman–Crippen MR) is 126 cm³/mol. The lowest BCUT2D eigenvalue weighted by Crippen LogP contribution is -2.62. The quantitative estimate of drug-likeness (QED) is 0.643. The summed E-state index contributed by atoms with van der Waals surface area (Å²) in [5.41, 5.74) is 2.32. The van der Waals surface area contributed by atoms with Crippen molar-refractivity contribution in [1.82, 2.24) is 9.80 Å². The number of hydrogen-bond donors (Lipinski definition) is 1. The molecule has 0 bridgehead atoms. The maximum atomic E-state index is 12.5. The Balaban J connectivity index is 1.25. The number of carbonyl (C=O) groups excluding carboxylic acids is 1. The molecule has 2 aromatic rings. The normalized spacial score (nSPS) is 18.1. The summed E-state index contributed by atoms with van der Waals surface area (Å²) in [7, 11) is 0. The largest absolute Gasteiger partial charge is 0.493 e. The van der Waals surface area contributed by atoms with Gasteiger partial charge in [-0.25, -0.2) is 4.79 Å². The SMILES string of the molecule is CC(C)COc1ccccc1CN1CCC2(CC1)CN(C(=O)Nc1ccc(Cl)cc1)C2. The molecule has 2 aliphatic heterocycles. The summed E-state index contributed by atoms with van der Waals surface area (Å²) >= 11 is 5.91. The molecule has 2 saturated heterocycles. The lowest BCUT2D eigenvalue weighted by Gasteiger charge is -2.53. The van der Waals surface area contributed by atoms with E-state index >= 15 is 0 Å². The summed E-state index contributed by atoms with van der Waals surface area (Å²) in [4.78, 5) is 16.9. The highest BCUT2D eigenvalue weighted by molar-refractivity contribution is 6.30. The number of benzene rings is 2. The van der Waals surface area contributed by atoms with Crippen LogP contribution >= 0.6 is 11.6 Å². The van der Waals surface area contributed by atoms with Crippen LogP contribution < -0.4 is 10.1 Å². The maximum Gasteiger partial charge on any atom is 0.321 e. The van der Waals surface area contributed by atoms with Gasteiger partial charge in [0.15, 0.2) is 0 Å². The first-order chi connectivity index (χ1) is 14.9. The van der Waals surface area contributed by atoms with Gasteiger partial charge in [0.05, 0.1) is 6.61 Å². The van der Waals surface area contributed by atoms with Crippen LogP contribution in [0.3, 0.4) is 0 Å². The molecule has 0 saturated carbocycles. The number of likely N-dealkylation sites (tertiary alicyclic amines) is 2. The van der Waals surface area contributed by atoms with Crippen LogP contribution in [0, 0.1) is 11.3 Å². The fourth-order valence-electron chi connectivity index (χ4n) is 4.42. The Morgan fingerprint density at radius 3 is 2.45 bits per heavy atom. The minimum Gasteiger partial charge on any atom is -0.493 e. The van der Waals surface area contributed by atoms with Crippen molar-refractivity contribution in [2.75, 3.05) is 38.1 Å². The Bertz CT molecular complexity index is 884. The van der Waals surface area contributed by atoms with Crippen LogP contribution in [0.5, 0.6) is 5.75 Å². The molecule has 2 amide bonds. The number of urea groups is 1. The smallest absolute Gasteiger partial charge is 0.321 e. The van der Waals surface area contributed by atoms with E-state index in [1.807, 2.05) is 23.1 Å². The van der Waals surface area contributed by atoms with Crippen molar-refractivity contribution in [3.8, 4) is 5.75 Å². The molecule has 4 rings (SSSR count). The van der Waals surface area contributed by atoms with Crippen molar-refractivity contribution in [3.05, 3.63) is 59.1 Å². The first-order valence-electron chi connectivity index (χ1n) is 11.2.